The van der Waals surface area contributed by atoms with Gasteiger partial charge in [0, 0.05) is 13.1 Å². The van der Waals surface area contributed by atoms with E-state index in [1.165, 1.54) is 6.07 Å². The van der Waals surface area contributed by atoms with Crippen LogP contribution in [0.1, 0.15) is 5.56 Å². The number of rotatable bonds is 10. The predicted molar refractivity (Wildman–Crippen MR) is 97.9 cm³/mol. The lowest BCUT2D eigenvalue weighted by Crippen LogP contribution is -2.38. The number of thiophene rings is 1. The van der Waals surface area contributed by atoms with E-state index in [-0.39, 0.29) is 29.7 Å². The molecule has 0 aliphatic rings. The maximum atomic E-state index is 12.0. The molecule has 0 aliphatic heterocycles. The predicted octanol–water partition coefficient (Wildman–Crippen LogP) is 0.784. The fourth-order valence-corrected chi connectivity index (χ4v) is 4.66. The van der Waals surface area contributed by atoms with E-state index >= 15 is 0 Å². The molecule has 1 aromatic heterocycles. The maximum absolute atomic E-state index is 12.0. The van der Waals surface area contributed by atoms with Gasteiger partial charge in [-0.25, -0.2) is 8.42 Å². The molecule has 140 valence electrons. The van der Waals surface area contributed by atoms with Crippen molar-refractivity contribution in [3.63, 3.8) is 0 Å². The minimum atomic E-state index is -3.51. The molecule has 0 saturated carbocycles. The van der Waals surface area contributed by atoms with Crippen molar-refractivity contribution in [3.05, 3.63) is 47.3 Å². The van der Waals surface area contributed by atoms with Gasteiger partial charge in [0.15, 0.2) is 9.84 Å². The Morgan fingerprint density at radius 3 is 2.58 bits per heavy atom. The van der Waals surface area contributed by atoms with E-state index in [1.807, 2.05) is 6.07 Å². The van der Waals surface area contributed by atoms with E-state index in [9.17, 15) is 18.6 Å². The van der Waals surface area contributed by atoms with Gasteiger partial charge in [-0.3, -0.25) is 0 Å². The molecule has 2 rings (SSSR count). The summed E-state index contributed by atoms with van der Waals surface area (Å²) in [4.78, 5) is 0. The summed E-state index contributed by atoms with van der Waals surface area (Å²) in [6.45, 7) is 0.108. The smallest absolute Gasteiger partial charge is 0.190 e. The number of sulfone groups is 1. The molecule has 3 N–H and O–H groups in total. The van der Waals surface area contributed by atoms with Gasteiger partial charge in [0.1, 0.15) is 28.7 Å². The number of ether oxygens (including phenoxy) is 1. The summed E-state index contributed by atoms with van der Waals surface area (Å²) in [7, 11) is -3.51. The third kappa shape index (κ3) is 6.09. The average molecular weight is 396 g/mol. The number of hydrogen-bond acceptors (Lipinski definition) is 8. The molecule has 7 nitrogen and oxygen atoms in total. The topological polar surface area (TPSA) is 120 Å². The van der Waals surface area contributed by atoms with E-state index in [0.717, 1.165) is 11.3 Å². The largest absolute Gasteiger partial charge is 0.489 e. The first-order valence-corrected chi connectivity index (χ1v) is 10.4. The quantitative estimate of drug-likeness (QED) is 0.543. The monoisotopic (exact) mass is 396 g/mol. The Morgan fingerprint density at radius 1 is 1.15 bits per heavy atom. The van der Waals surface area contributed by atoms with Crippen LogP contribution in [0.15, 0.2) is 46.0 Å². The summed E-state index contributed by atoms with van der Waals surface area (Å²) >= 11 is 1.11. The standard InChI is InChI=1S/C17H20N2O5S2/c18-8-13-4-1-2-5-16(13)24-11-14(20)9-19-10-15(21)12-26(22,23)17-6-3-7-25-17/h1-7,14-15,19-21H,9-12H2. The number of para-hydroxylation sites is 1. The third-order valence-electron chi connectivity index (χ3n) is 3.41. The van der Waals surface area contributed by atoms with Crippen molar-refractivity contribution in [2.75, 3.05) is 25.4 Å². The second-order valence-corrected chi connectivity index (χ2v) is 8.81. The van der Waals surface area contributed by atoms with Crippen molar-refractivity contribution in [1.29, 1.82) is 5.26 Å². The number of aliphatic hydroxyl groups is 2. The molecule has 2 unspecified atom stereocenters. The average Bonchev–Trinajstić information content (AvgIpc) is 3.15. The van der Waals surface area contributed by atoms with Crippen molar-refractivity contribution in [2.45, 2.75) is 16.4 Å². The van der Waals surface area contributed by atoms with Gasteiger partial charge < -0.3 is 20.3 Å². The molecular formula is C17H20N2O5S2. The lowest BCUT2D eigenvalue weighted by Gasteiger charge is -2.16. The highest BCUT2D eigenvalue weighted by molar-refractivity contribution is 7.93. The SMILES string of the molecule is N#Cc1ccccc1OCC(O)CNCC(O)CS(=O)(=O)c1cccs1. The van der Waals surface area contributed by atoms with Crippen LogP contribution in [0.3, 0.4) is 0 Å². The first-order chi connectivity index (χ1) is 12.4. The zero-order valence-electron chi connectivity index (χ0n) is 13.9. The van der Waals surface area contributed by atoms with Crippen LogP contribution in [0.25, 0.3) is 0 Å². The van der Waals surface area contributed by atoms with E-state index in [1.54, 1.807) is 35.7 Å². The number of nitrogens with one attached hydrogen (secondary N) is 1. The minimum Gasteiger partial charge on any atom is -0.489 e. The van der Waals surface area contributed by atoms with E-state index in [2.05, 4.69) is 5.32 Å². The highest BCUT2D eigenvalue weighted by Crippen LogP contribution is 2.18. The first-order valence-electron chi connectivity index (χ1n) is 7.87. The van der Waals surface area contributed by atoms with Crippen LogP contribution in [0, 0.1) is 11.3 Å². The number of benzene rings is 1. The molecule has 0 radical (unpaired) electrons. The minimum absolute atomic E-state index is 0.0243. The summed E-state index contributed by atoms with van der Waals surface area (Å²) in [5.74, 6) is -0.000955. The fraction of sp³-hybridized carbons (Fsp3) is 0.353. The van der Waals surface area contributed by atoms with Gasteiger partial charge in [-0.05, 0) is 23.6 Å². The molecule has 0 saturated heterocycles. The second kappa shape index (κ2) is 9.66. The van der Waals surface area contributed by atoms with Gasteiger partial charge in [0.25, 0.3) is 0 Å². The fourth-order valence-electron chi connectivity index (χ4n) is 2.18. The normalized spacial score (nSPS) is 13.7. The molecule has 0 aliphatic carbocycles. The van der Waals surface area contributed by atoms with Crippen molar-refractivity contribution in [3.8, 4) is 11.8 Å². The third-order valence-corrected chi connectivity index (χ3v) is 6.70. The molecule has 2 atom stereocenters. The molecule has 0 amide bonds. The number of nitriles is 1. The second-order valence-electron chi connectivity index (χ2n) is 5.60. The lowest BCUT2D eigenvalue weighted by molar-refractivity contribution is 0.101. The van der Waals surface area contributed by atoms with E-state index < -0.39 is 22.0 Å². The van der Waals surface area contributed by atoms with Crippen LogP contribution in [0.4, 0.5) is 0 Å². The summed E-state index contributed by atoms with van der Waals surface area (Å²) in [5, 5.41) is 33.2. The zero-order chi connectivity index (χ0) is 19.0. The van der Waals surface area contributed by atoms with Crippen molar-refractivity contribution >= 4 is 21.2 Å². The van der Waals surface area contributed by atoms with Gasteiger partial charge in [0.05, 0.1) is 17.4 Å². The van der Waals surface area contributed by atoms with Crippen LogP contribution < -0.4 is 10.1 Å². The Morgan fingerprint density at radius 2 is 1.88 bits per heavy atom. The Bertz CT molecular complexity index is 831. The maximum Gasteiger partial charge on any atom is 0.190 e. The summed E-state index contributed by atoms with van der Waals surface area (Å²) < 4.78 is 29.7. The molecular weight excluding hydrogens is 376 g/mol. The van der Waals surface area contributed by atoms with Crippen LogP contribution in [0.5, 0.6) is 5.75 Å². The van der Waals surface area contributed by atoms with Gasteiger partial charge >= 0.3 is 0 Å². The molecule has 1 aromatic carbocycles. The Kier molecular flexibility index (Phi) is 7.56. The zero-order valence-corrected chi connectivity index (χ0v) is 15.5. The van der Waals surface area contributed by atoms with Crippen molar-refractivity contribution in [1.82, 2.24) is 5.32 Å². The van der Waals surface area contributed by atoms with Gasteiger partial charge in [-0.1, -0.05) is 18.2 Å². The van der Waals surface area contributed by atoms with Gasteiger partial charge in [-0.2, -0.15) is 5.26 Å². The van der Waals surface area contributed by atoms with Gasteiger partial charge in [-0.15, -0.1) is 11.3 Å². The molecule has 2 aromatic rings. The number of hydrogen-bond donors (Lipinski definition) is 3. The van der Waals surface area contributed by atoms with Crippen LogP contribution >= 0.6 is 11.3 Å². The molecule has 1 heterocycles. The molecule has 26 heavy (non-hydrogen) atoms. The van der Waals surface area contributed by atoms with Crippen LogP contribution in [-0.2, 0) is 9.84 Å². The Labute approximate surface area is 156 Å². The summed E-state index contributed by atoms with van der Waals surface area (Å²) in [6, 6.07) is 11.8. The molecule has 9 heteroatoms. The molecule has 0 bridgehead atoms. The van der Waals surface area contributed by atoms with Crippen molar-refractivity contribution < 1.29 is 23.4 Å². The van der Waals surface area contributed by atoms with Crippen LogP contribution in [0.2, 0.25) is 0 Å². The number of aliphatic hydroxyl groups excluding tert-OH is 2. The Hall–Kier alpha value is -1.96. The summed E-state index contributed by atoms with van der Waals surface area (Å²) in [5.41, 5.74) is 0.377. The highest BCUT2D eigenvalue weighted by Gasteiger charge is 2.20. The molecule has 0 spiro atoms. The van der Waals surface area contributed by atoms with E-state index in [4.69, 9.17) is 10.00 Å². The highest BCUT2D eigenvalue weighted by atomic mass is 32.2. The Balaban J connectivity index is 1.71. The van der Waals surface area contributed by atoms with Crippen LogP contribution in [-0.4, -0.2) is 56.3 Å². The van der Waals surface area contributed by atoms with E-state index in [0.29, 0.717) is 11.3 Å². The lowest BCUT2D eigenvalue weighted by atomic mass is 10.2. The summed E-state index contributed by atoms with van der Waals surface area (Å²) in [6.07, 6.45) is -1.96. The van der Waals surface area contributed by atoms with Gasteiger partial charge in [0.2, 0.25) is 0 Å². The van der Waals surface area contributed by atoms with Crippen molar-refractivity contribution in [2.24, 2.45) is 0 Å². The molecule has 0 fully saturated rings. The number of nitrogens with zero attached hydrogens (tertiary/aromatic N) is 1. The first kappa shape index (κ1) is 20.4.